The number of nitrogens with zero attached hydrogens (tertiary/aromatic N) is 2. The van der Waals surface area contributed by atoms with Crippen LogP contribution in [0.5, 0.6) is 0 Å². The zero-order chi connectivity index (χ0) is 15.4. The van der Waals surface area contributed by atoms with Crippen molar-refractivity contribution < 1.29 is 4.79 Å². The van der Waals surface area contributed by atoms with E-state index in [2.05, 4.69) is 16.4 Å². The number of benzene rings is 1. The Morgan fingerprint density at radius 3 is 2.52 bits per heavy atom. The first-order valence-electron chi connectivity index (χ1n) is 7.02. The zero-order valence-electron chi connectivity index (χ0n) is 12.9. The molecule has 0 aliphatic carbocycles. The van der Waals surface area contributed by atoms with Gasteiger partial charge < -0.3 is 9.88 Å². The number of aromatic nitrogens is 2. The van der Waals surface area contributed by atoms with Gasteiger partial charge in [0.05, 0.1) is 5.25 Å². The van der Waals surface area contributed by atoms with Crippen LogP contribution in [0.3, 0.4) is 0 Å². The maximum atomic E-state index is 12.4. The van der Waals surface area contributed by atoms with E-state index in [-0.39, 0.29) is 11.2 Å². The molecule has 0 fully saturated rings. The Bertz CT molecular complexity index is 616. The van der Waals surface area contributed by atoms with Crippen LogP contribution < -0.4 is 5.32 Å². The number of amides is 1. The average molecular weight is 303 g/mol. The zero-order valence-corrected chi connectivity index (χ0v) is 13.7. The molecular formula is C16H21N3OS. The fraction of sp³-hybridized carbons (Fsp3) is 0.375. The number of carbonyl (C=O) groups excluding carboxylic acids is 1. The van der Waals surface area contributed by atoms with Crippen molar-refractivity contribution in [3.05, 3.63) is 41.7 Å². The van der Waals surface area contributed by atoms with Gasteiger partial charge in [-0.05, 0) is 43.5 Å². The van der Waals surface area contributed by atoms with E-state index in [4.69, 9.17) is 0 Å². The van der Waals surface area contributed by atoms with Crippen LogP contribution in [0.4, 0.5) is 5.69 Å². The first-order chi connectivity index (χ1) is 9.99. The molecule has 0 aliphatic heterocycles. The number of carbonyl (C=O) groups is 1. The summed E-state index contributed by atoms with van der Waals surface area (Å²) in [5.74, 6) is 0.0236. The van der Waals surface area contributed by atoms with E-state index < -0.39 is 0 Å². The molecule has 112 valence electrons. The highest BCUT2D eigenvalue weighted by Crippen LogP contribution is 2.25. The van der Waals surface area contributed by atoms with Crippen LogP contribution in [0.2, 0.25) is 0 Å². The molecule has 0 saturated heterocycles. The van der Waals surface area contributed by atoms with Gasteiger partial charge in [-0.3, -0.25) is 4.79 Å². The molecule has 1 heterocycles. The molecule has 1 N–H and O–H groups in total. The first kappa shape index (κ1) is 15.6. The topological polar surface area (TPSA) is 46.9 Å². The Morgan fingerprint density at radius 1 is 1.33 bits per heavy atom. The fourth-order valence-corrected chi connectivity index (χ4v) is 3.12. The summed E-state index contributed by atoms with van der Waals surface area (Å²) in [6.45, 7) is 6.08. The van der Waals surface area contributed by atoms with Crippen LogP contribution in [0.25, 0.3) is 0 Å². The van der Waals surface area contributed by atoms with Gasteiger partial charge in [0.15, 0.2) is 5.16 Å². The van der Waals surface area contributed by atoms with Gasteiger partial charge >= 0.3 is 0 Å². The standard InChI is InChI=1S/C16H21N3OS/c1-5-14(21-16-17-6-7-19(16)4)15(20)18-13-9-11(2)8-12(3)10-13/h6-10,14H,5H2,1-4H3,(H,18,20). The third-order valence-electron chi connectivity index (χ3n) is 3.18. The van der Waals surface area contributed by atoms with Crippen LogP contribution >= 0.6 is 11.8 Å². The SMILES string of the molecule is CCC(Sc1nccn1C)C(=O)Nc1cc(C)cc(C)c1. The molecule has 1 unspecified atom stereocenters. The molecule has 0 spiro atoms. The Balaban J connectivity index is 2.08. The third-order valence-corrected chi connectivity index (χ3v) is 4.61. The van der Waals surface area contributed by atoms with Crippen molar-refractivity contribution in [2.24, 2.45) is 7.05 Å². The summed E-state index contributed by atoms with van der Waals surface area (Å²) in [4.78, 5) is 16.7. The maximum absolute atomic E-state index is 12.4. The molecule has 0 saturated carbocycles. The van der Waals surface area contributed by atoms with Gasteiger partial charge in [-0.2, -0.15) is 0 Å². The van der Waals surface area contributed by atoms with Gasteiger partial charge in [-0.15, -0.1) is 0 Å². The molecule has 2 aromatic rings. The van der Waals surface area contributed by atoms with Gasteiger partial charge in [-0.1, -0.05) is 24.8 Å². The molecule has 1 amide bonds. The fourth-order valence-electron chi connectivity index (χ4n) is 2.18. The highest BCUT2D eigenvalue weighted by Gasteiger charge is 2.20. The summed E-state index contributed by atoms with van der Waals surface area (Å²) in [5.41, 5.74) is 3.15. The normalized spacial score (nSPS) is 12.2. The monoisotopic (exact) mass is 303 g/mol. The van der Waals surface area contributed by atoms with Crippen molar-refractivity contribution in [1.82, 2.24) is 9.55 Å². The summed E-state index contributed by atoms with van der Waals surface area (Å²) >= 11 is 1.50. The van der Waals surface area contributed by atoms with Crippen LogP contribution in [0, 0.1) is 13.8 Å². The molecular weight excluding hydrogens is 282 g/mol. The number of rotatable bonds is 5. The summed E-state index contributed by atoms with van der Waals surface area (Å²) in [6.07, 6.45) is 4.39. The van der Waals surface area contributed by atoms with E-state index in [1.165, 1.54) is 11.8 Å². The van der Waals surface area contributed by atoms with E-state index in [1.807, 2.05) is 50.7 Å². The Kier molecular flexibility index (Phi) is 5.07. The molecule has 4 nitrogen and oxygen atoms in total. The van der Waals surface area contributed by atoms with E-state index in [1.54, 1.807) is 6.20 Å². The largest absolute Gasteiger partial charge is 0.329 e. The van der Waals surface area contributed by atoms with E-state index in [0.29, 0.717) is 0 Å². The minimum atomic E-state index is -0.146. The predicted molar refractivity (Wildman–Crippen MR) is 87.7 cm³/mol. The number of hydrogen-bond acceptors (Lipinski definition) is 3. The highest BCUT2D eigenvalue weighted by atomic mass is 32.2. The minimum absolute atomic E-state index is 0.0236. The summed E-state index contributed by atoms with van der Waals surface area (Å²) in [5, 5.41) is 3.72. The number of thioether (sulfide) groups is 1. The number of nitrogens with one attached hydrogen (secondary N) is 1. The van der Waals surface area contributed by atoms with Gasteiger partial charge in [0, 0.05) is 25.1 Å². The molecule has 1 aromatic heterocycles. The first-order valence-corrected chi connectivity index (χ1v) is 7.90. The molecule has 0 radical (unpaired) electrons. The van der Waals surface area contributed by atoms with Crippen molar-refractivity contribution in [1.29, 1.82) is 0 Å². The van der Waals surface area contributed by atoms with Gasteiger partial charge in [0.1, 0.15) is 0 Å². The number of hydrogen-bond donors (Lipinski definition) is 1. The van der Waals surface area contributed by atoms with Gasteiger partial charge in [-0.25, -0.2) is 4.98 Å². The molecule has 1 atom stereocenters. The van der Waals surface area contributed by atoms with Crippen LogP contribution in [0.15, 0.2) is 35.7 Å². The molecule has 0 aliphatic rings. The lowest BCUT2D eigenvalue weighted by Crippen LogP contribution is -2.25. The highest BCUT2D eigenvalue weighted by molar-refractivity contribution is 8.00. The van der Waals surface area contributed by atoms with Crippen molar-refractivity contribution in [3.8, 4) is 0 Å². The Labute approximate surface area is 130 Å². The summed E-state index contributed by atoms with van der Waals surface area (Å²) in [7, 11) is 1.93. The number of aryl methyl sites for hydroxylation is 3. The van der Waals surface area contributed by atoms with E-state index in [0.717, 1.165) is 28.4 Å². The van der Waals surface area contributed by atoms with Gasteiger partial charge in [0.25, 0.3) is 0 Å². The molecule has 1 aromatic carbocycles. The minimum Gasteiger partial charge on any atom is -0.329 e. The average Bonchev–Trinajstić information content (AvgIpc) is 2.80. The molecule has 5 heteroatoms. The molecule has 21 heavy (non-hydrogen) atoms. The Hall–Kier alpha value is -1.75. The summed E-state index contributed by atoms with van der Waals surface area (Å²) < 4.78 is 1.93. The van der Waals surface area contributed by atoms with Crippen molar-refractivity contribution in [3.63, 3.8) is 0 Å². The maximum Gasteiger partial charge on any atom is 0.237 e. The second-order valence-electron chi connectivity index (χ2n) is 5.20. The molecule has 0 bridgehead atoms. The smallest absolute Gasteiger partial charge is 0.237 e. The van der Waals surface area contributed by atoms with Crippen LogP contribution in [-0.2, 0) is 11.8 Å². The lowest BCUT2D eigenvalue weighted by atomic mass is 10.1. The summed E-state index contributed by atoms with van der Waals surface area (Å²) in [6, 6.07) is 6.07. The molecule has 2 rings (SSSR count). The lowest BCUT2D eigenvalue weighted by molar-refractivity contribution is -0.115. The van der Waals surface area contributed by atoms with Crippen molar-refractivity contribution in [2.75, 3.05) is 5.32 Å². The van der Waals surface area contributed by atoms with Gasteiger partial charge in [0.2, 0.25) is 5.91 Å². The second kappa shape index (κ2) is 6.80. The van der Waals surface area contributed by atoms with E-state index in [9.17, 15) is 4.79 Å². The number of anilines is 1. The lowest BCUT2D eigenvalue weighted by Gasteiger charge is -2.15. The Morgan fingerprint density at radius 2 is 2.00 bits per heavy atom. The predicted octanol–water partition coefficient (Wildman–Crippen LogP) is 3.55. The van der Waals surface area contributed by atoms with Crippen molar-refractivity contribution in [2.45, 2.75) is 37.6 Å². The number of imidazole rings is 1. The second-order valence-corrected chi connectivity index (χ2v) is 6.37. The van der Waals surface area contributed by atoms with Crippen LogP contribution in [0.1, 0.15) is 24.5 Å². The van der Waals surface area contributed by atoms with Crippen LogP contribution in [-0.4, -0.2) is 20.7 Å². The quantitative estimate of drug-likeness (QED) is 0.859. The van der Waals surface area contributed by atoms with E-state index >= 15 is 0 Å². The van der Waals surface area contributed by atoms with Crippen molar-refractivity contribution >= 4 is 23.4 Å². The third kappa shape index (κ3) is 4.11.